The second-order valence-corrected chi connectivity index (χ2v) is 9.69. The average Bonchev–Trinajstić information content (AvgIpc) is 3.27. The van der Waals surface area contributed by atoms with Gasteiger partial charge in [-0.05, 0) is 41.6 Å². The highest BCUT2D eigenvalue weighted by atomic mass is 32.1. The van der Waals surface area contributed by atoms with Crippen molar-refractivity contribution in [2.75, 3.05) is 18.5 Å². The highest BCUT2D eigenvalue weighted by molar-refractivity contribution is 7.16. The molecule has 0 saturated heterocycles. The van der Waals surface area contributed by atoms with Gasteiger partial charge in [0.25, 0.3) is 0 Å². The largest absolute Gasteiger partial charge is 0.478 e. The van der Waals surface area contributed by atoms with Crippen molar-refractivity contribution in [3.63, 3.8) is 0 Å². The molecule has 10 heteroatoms. The minimum absolute atomic E-state index is 0.0688. The van der Waals surface area contributed by atoms with Crippen LogP contribution in [0, 0.1) is 0 Å². The van der Waals surface area contributed by atoms with Gasteiger partial charge in [0.05, 0.1) is 11.6 Å². The van der Waals surface area contributed by atoms with Crippen LogP contribution in [0.3, 0.4) is 0 Å². The van der Waals surface area contributed by atoms with Crippen molar-refractivity contribution in [2.45, 2.75) is 25.3 Å². The fraction of sp³-hybridized carbons (Fsp3) is 0.231. The molecule has 4 N–H and O–H groups in total. The minimum atomic E-state index is -1.13. The van der Waals surface area contributed by atoms with Crippen molar-refractivity contribution in [3.05, 3.63) is 96.9 Å². The first kappa shape index (κ1) is 23.7. The Kier molecular flexibility index (Phi) is 6.53. The van der Waals surface area contributed by atoms with E-state index in [1.165, 1.54) is 11.3 Å². The van der Waals surface area contributed by atoms with E-state index in [2.05, 4.69) is 40.3 Å². The van der Waals surface area contributed by atoms with Gasteiger partial charge in [-0.1, -0.05) is 54.6 Å². The van der Waals surface area contributed by atoms with E-state index < -0.39 is 17.1 Å². The predicted octanol–water partition coefficient (Wildman–Crippen LogP) is 2.32. The van der Waals surface area contributed by atoms with Crippen molar-refractivity contribution in [1.82, 2.24) is 15.3 Å². The number of anilines is 1. The molecule has 9 nitrogen and oxygen atoms in total. The molecule has 2 aromatic carbocycles. The molecule has 0 radical (unpaired) electrons. The number of carboxylic acids is 1. The molecule has 2 aromatic heterocycles. The molecule has 0 bridgehead atoms. The van der Waals surface area contributed by atoms with Gasteiger partial charge in [0.2, 0.25) is 5.91 Å². The Morgan fingerprint density at radius 3 is 2.39 bits per heavy atom. The van der Waals surface area contributed by atoms with E-state index in [0.29, 0.717) is 37.9 Å². The highest BCUT2D eigenvalue weighted by Gasteiger charge is 2.31. The van der Waals surface area contributed by atoms with Gasteiger partial charge in [0.15, 0.2) is 0 Å². The number of hydrogen-bond donors (Lipinski definition) is 4. The van der Waals surface area contributed by atoms with Gasteiger partial charge in [-0.2, -0.15) is 4.68 Å². The zero-order chi connectivity index (χ0) is 25.2. The van der Waals surface area contributed by atoms with Crippen LogP contribution in [0.25, 0.3) is 11.1 Å². The van der Waals surface area contributed by atoms with Crippen LogP contribution in [0.2, 0.25) is 0 Å². The lowest BCUT2D eigenvalue weighted by atomic mass is 9.99. The van der Waals surface area contributed by atoms with E-state index in [9.17, 15) is 24.3 Å². The second kappa shape index (κ2) is 9.92. The van der Waals surface area contributed by atoms with Crippen molar-refractivity contribution in [2.24, 2.45) is 0 Å². The molecule has 4 aromatic rings. The van der Waals surface area contributed by atoms with E-state index in [4.69, 9.17) is 0 Å². The lowest BCUT2D eigenvalue weighted by Gasteiger charge is -2.24. The molecule has 3 heterocycles. The fourth-order valence-electron chi connectivity index (χ4n) is 4.34. The maximum atomic E-state index is 12.5. The summed E-state index contributed by atoms with van der Waals surface area (Å²) >= 11 is 1.18. The second-order valence-electron chi connectivity index (χ2n) is 8.64. The van der Waals surface area contributed by atoms with E-state index in [-0.39, 0.29) is 22.5 Å². The number of aromatic carboxylic acids is 1. The summed E-state index contributed by atoms with van der Waals surface area (Å²) in [5, 5.41) is 16.2. The highest BCUT2D eigenvalue weighted by Crippen LogP contribution is 2.39. The van der Waals surface area contributed by atoms with E-state index in [0.717, 1.165) is 26.2 Å². The number of carbonyl (C=O) groups is 2. The average molecular weight is 505 g/mol. The normalized spacial score (nSPS) is 14.9. The minimum Gasteiger partial charge on any atom is -0.478 e. The van der Waals surface area contributed by atoms with Gasteiger partial charge >= 0.3 is 17.1 Å². The number of amides is 1. The number of aromatic nitrogens is 1. The molecular formula is C26H24N4O5S. The molecule has 1 amide bonds. The lowest BCUT2D eigenvalue weighted by molar-refractivity contribution is -0.121. The topological polar surface area (TPSA) is 130 Å². The number of rotatable bonds is 9. The third-order valence-electron chi connectivity index (χ3n) is 6.29. The van der Waals surface area contributed by atoms with Crippen LogP contribution in [-0.2, 0) is 17.6 Å². The quantitative estimate of drug-likeness (QED) is 0.258. The van der Waals surface area contributed by atoms with Crippen molar-refractivity contribution in [3.8, 4) is 11.1 Å². The SMILES string of the molecule is O=C(CCc1ccc(-c2ccccc2)cc1)NCC1NCCc2c1sc(Nn1c(=O)c1=O)c2C(=O)O. The summed E-state index contributed by atoms with van der Waals surface area (Å²) in [7, 11) is 0. The number of thiophene rings is 1. The molecule has 5 rings (SSSR count). The summed E-state index contributed by atoms with van der Waals surface area (Å²) in [4.78, 5) is 47.9. The molecule has 1 unspecified atom stereocenters. The number of carboxylic acid groups (broad SMARTS) is 1. The molecule has 36 heavy (non-hydrogen) atoms. The van der Waals surface area contributed by atoms with Gasteiger partial charge in [-0.25, -0.2) is 4.79 Å². The molecule has 184 valence electrons. The summed E-state index contributed by atoms with van der Waals surface area (Å²) < 4.78 is 0.792. The van der Waals surface area contributed by atoms with Gasteiger partial charge < -0.3 is 15.7 Å². The first-order valence-corrected chi connectivity index (χ1v) is 12.4. The molecule has 1 atom stereocenters. The van der Waals surface area contributed by atoms with Gasteiger partial charge in [-0.15, -0.1) is 11.3 Å². The maximum Gasteiger partial charge on any atom is 0.340 e. The Morgan fingerprint density at radius 1 is 1.03 bits per heavy atom. The summed E-state index contributed by atoms with van der Waals surface area (Å²) in [6.07, 6.45) is 1.44. The van der Waals surface area contributed by atoms with Crippen LogP contribution in [0.5, 0.6) is 0 Å². The number of hydrogen-bond acceptors (Lipinski definition) is 7. The molecule has 0 saturated carbocycles. The summed E-state index contributed by atoms with van der Waals surface area (Å²) in [6, 6.07) is 18.0. The van der Waals surface area contributed by atoms with Crippen molar-refractivity contribution >= 4 is 28.2 Å². The maximum absolute atomic E-state index is 12.5. The van der Waals surface area contributed by atoms with Crippen LogP contribution in [0.1, 0.15) is 38.8 Å². The molecule has 1 aliphatic heterocycles. The molecule has 1 aliphatic rings. The van der Waals surface area contributed by atoms with Crippen LogP contribution in [-0.4, -0.2) is 34.7 Å². The van der Waals surface area contributed by atoms with Crippen molar-refractivity contribution < 1.29 is 14.7 Å². The molecular weight excluding hydrogens is 480 g/mol. The molecule has 0 aliphatic carbocycles. The van der Waals surface area contributed by atoms with E-state index in [1.807, 2.05) is 30.3 Å². The Bertz CT molecular complexity index is 1460. The van der Waals surface area contributed by atoms with Gasteiger partial charge in [0, 0.05) is 17.8 Å². The number of benzene rings is 2. The summed E-state index contributed by atoms with van der Waals surface area (Å²) in [5.74, 6) is -1.22. The smallest absolute Gasteiger partial charge is 0.340 e. The van der Waals surface area contributed by atoms with Crippen LogP contribution in [0.15, 0.2) is 64.2 Å². The first-order chi connectivity index (χ1) is 17.4. The number of aryl methyl sites for hydroxylation is 1. The Balaban J connectivity index is 1.19. The van der Waals surface area contributed by atoms with Gasteiger partial charge in [0.1, 0.15) is 5.00 Å². The number of nitrogens with zero attached hydrogens (tertiary/aromatic N) is 1. The molecule has 0 spiro atoms. The number of carbonyl (C=O) groups excluding carboxylic acids is 1. The zero-order valence-corrected chi connectivity index (χ0v) is 20.1. The zero-order valence-electron chi connectivity index (χ0n) is 19.2. The summed E-state index contributed by atoms with van der Waals surface area (Å²) in [6.45, 7) is 0.860. The fourth-order valence-corrected chi connectivity index (χ4v) is 5.65. The van der Waals surface area contributed by atoms with Crippen LogP contribution in [0.4, 0.5) is 5.00 Å². The summed E-state index contributed by atoms with van der Waals surface area (Å²) in [5.41, 5.74) is 5.29. The Labute approximate surface area is 210 Å². The van der Waals surface area contributed by atoms with Gasteiger partial charge in [-0.3, -0.25) is 19.8 Å². The molecule has 0 fully saturated rings. The van der Waals surface area contributed by atoms with E-state index in [1.54, 1.807) is 0 Å². The first-order valence-electron chi connectivity index (χ1n) is 11.6. The third kappa shape index (κ3) is 4.86. The Hall–Kier alpha value is -4.02. The lowest BCUT2D eigenvalue weighted by Crippen LogP contribution is -2.38. The standard InChI is InChI=1S/C26H24N4O5S/c31-20(11-8-15-6-9-17(10-7-15)16-4-2-1-3-5-16)28-14-19-22-18(12-13-27-19)21(26(34)35)23(36-22)29-30-24(32)25(30)33/h1-7,9-10,19,27,29H,8,11-14H2,(H,28,31)(H,34,35). The Morgan fingerprint density at radius 2 is 1.72 bits per heavy atom. The number of nitrogens with one attached hydrogen (secondary N) is 3. The van der Waals surface area contributed by atoms with Crippen LogP contribution >= 0.6 is 11.3 Å². The van der Waals surface area contributed by atoms with Crippen molar-refractivity contribution in [1.29, 1.82) is 0 Å². The van der Waals surface area contributed by atoms with E-state index >= 15 is 0 Å². The third-order valence-corrected chi connectivity index (χ3v) is 7.54. The predicted molar refractivity (Wildman–Crippen MR) is 137 cm³/mol. The monoisotopic (exact) mass is 504 g/mol. The number of fused-ring (bicyclic) bond motifs is 1. The van der Waals surface area contributed by atoms with Crippen LogP contribution < -0.4 is 27.2 Å².